The fourth-order valence-corrected chi connectivity index (χ4v) is 6.46. The van der Waals surface area contributed by atoms with Gasteiger partial charge >= 0.3 is 5.91 Å². The number of amides is 1. The highest BCUT2D eigenvalue weighted by molar-refractivity contribution is 5.95. The molecule has 44 heavy (non-hydrogen) atoms. The number of allylic oxidation sites excluding steroid dienone is 3. The van der Waals surface area contributed by atoms with E-state index in [1.807, 2.05) is 25.1 Å². The molecule has 2 aromatic heterocycles. The van der Waals surface area contributed by atoms with Crippen LogP contribution in [0.2, 0.25) is 0 Å². The van der Waals surface area contributed by atoms with Crippen molar-refractivity contribution >= 4 is 11.5 Å². The second kappa shape index (κ2) is 13.3. The van der Waals surface area contributed by atoms with Crippen molar-refractivity contribution in [2.24, 2.45) is 5.18 Å². The van der Waals surface area contributed by atoms with Crippen LogP contribution in [0.3, 0.4) is 0 Å². The first-order valence-electron chi connectivity index (χ1n) is 15.4. The number of pyridine rings is 1. The molecule has 1 amide bonds. The van der Waals surface area contributed by atoms with Crippen molar-refractivity contribution in [1.29, 1.82) is 0 Å². The Morgan fingerprint density at radius 2 is 2.05 bits per heavy atom. The number of ether oxygens (including phenoxy) is 3. The summed E-state index contributed by atoms with van der Waals surface area (Å²) in [5, 5.41) is 6.94. The molecule has 6 rings (SSSR count). The molecule has 4 heterocycles. The molecule has 2 aliphatic heterocycles. The van der Waals surface area contributed by atoms with Gasteiger partial charge in [-0.2, -0.15) is 5.10 Å². The minimum atomic E-state index is -0.826. The zero-order valence-corrected chi connectivity index (χ0v) is 25.7. The lowest BCUT2D eigenvalue weighted by Crippen LogP contribution is -2.42. The quantitative estimate of drug-likeness (QED) is 0.298. The molecule has 3 aliphatic rings. The molecule has 1 aliphatic carbocycles. The predicted molar refractivity (Wildman–Crippen MR) is 166 cm³/mol. The van der Waals surface area contributed by atoms with Crippen molar-refractivity contribution in [1.82, 2.24) is 19.7 Å². The van der Waals surface area contributed by atoms with Gasteiger partial charge in [0.1, 0.15) is 12.4 Å². The van der Waals surface area contributed by atoms with E-state index < -0.39 is 5.91 Å². The van der Waals surface area contributed by atoms with Crippen LogP contribution in [0.15, 0.2) is 59.1 Å². The van der Waals surface area contributed by atoms with Gasteiger partial charge in [-0.1, -0.05) is 31.2 Å². The molecular formula is C34H39N5O5. The van der Waals surface area contributed by atoms with E-state index in [0.717, 1.165) is 55.9 Å². The first-order chi connectivity index (χ1) is 21.5. The largest absolute Gasteiger partial charge is 0.488 e. The van der Waals surface area contributed by atoms with Crippen molar-refractivity contribution < 1.29 is 19.0 Å². The van der Waals surface area contributed by atoms with E-state index in [0.29, 0.717) is 44.4 Å². The zero-order chi connectivity index (χ0) is 30.6. The van der Waals surface area contributed by atoms with Crippen molar-refractivity contribution in [3.05, 3.63) is 98.0 Å². The Morgan fingerprint density at radius 1 is 1.16 bits per heavy atom. The summed E-state index contributed by atoms with van der Waals surface area (Å²) in [6.07, 6.45) is 7.05. The first kappa shape index (κ1) is 30.1. The van der Waals surface area contributed by atoms with Crippen LogP contribution in [0.4, 0.5) is 0 Å². The fourth-order valence-electron chi connectivity index (χ4n) is 6.46. The molecule has 1 aromatic carbocycles. The summed E-state index contributed by atoms with van der Waals surface area (Å²) in [6.45, 7) is 11.6. The Balaban J connectivity index is 1.18. The standard InChI is InChI=1S/C34H39N5O5/c1-4-31-29(34(40)37-41)17-35-39(31)32-10-6-9-30(36-32)28-8-5-7-22(2)33(28)44-20-25-12-11-24-18-38(14-13-27(24)23(25)3)19-26-21-42-15-16-43-26/h6,8-12,17,26H,4-5,7,13-16,18-21H2,1-3H3. The molecule has 1 atom stereocenters. The highest BCUT2D eigenvalue weighted by atomic mass is 16.6. The number of aromatic nitrogens is 3. The van der Waals surface area contributed by atoms with Gasteiger partial charge in [0.2, 0.25) is 0 Å². The zero-order valence-electron chi connectivity index (χ0n) is 25.7. The van der Waals surface area contributed by atoms with Crippen LogP contribution in [0, 0.1) is 11.8 Å². The third kappa shape index (κ3) is 6.15. The molecule has 1 fully saturated rings. The van der Waals surface area contributed by atoms with Gasteiger partial charge in [-0.15, -0.1) is 4.91 Å². The topological polar surface area (TPSA) is 108 Å². The van der Waals surface area contributed by atoms with Gasteiger partial charge in [0.25, 0.3) is 0 Å². The van der Waals surface area contributed by atoms with E-state index >= 15 is 0 Å². The van der Waals surface area contributed by atoms with E-state index in [-0.39, 0.29) is 11.7 Å². The maximum atomic E-state index is 12.0. The number of hydrogen-bond donors (Lipinski definition) is 0. The Labute approximate surface area is 257 Å². The normalized spacial score (nSPS) is 19.0. The molecule has 10 nitrogen and oxygen atoms in total. The van der Waals surface area contributed by atoms with Crippen molar-refractivity contribution in [3.8, 4) is 5.82 Å². The molecule has 0 bridgehead atoms. The minimum absolute atomic E-state index is 0.151. The number of hydrogen-bond acceptors (Lipinski definition) is 8. The maximum Gasteiger partial charge on any atom is 0.320 e. The van der Waals surface area contributed by atoms with Crippen LogP contribution < -0.4 is 0 Å². The van der Waals surface area contributed by atoms with Crippen LogP contribution >= 0.6 is 0 Å². The van der Waals surface area contributed by atoms with Gasteiger partial charge in [-0.25, -0.2) is 9.67 Å². The monoisotopic (exact) mass is 597 g/mol. The Bertz CT molecular complexity index is 1620. The number of nitroso groups, excluding NO2 is 1. The summed E-state index contributed by atoms with van der Waals surface area (Å²) in [4.78, 5) is 30.3. The fraction of sp³-hybridized carbons (Fsp3) is 0.441. The van der Waals surface area contributed by atoms with Gasteiger partial charge in [-0.3, -0.25) is 9.69 Å². The number of carbonyl (C=O) groups excluding carboxylic acids is 1. The molecule has 1 saturated heterocycles. The molecule has 230 valence electrons. The first-order valence-corrected chi connectivity index (χ1v) is 15.4. The molecule has 3 aromatic rings. The number of rotatable bonds is 9. The highest BCUT2D eigenvalue weighted by Crippen LogP contribution is 2.34. The van der Waals surface area contributed by atoms with Crippen molar-refractivity contribution in [3.63, 3.8) is 0 Å². The number of carbonyl (C=O) groups is 1. The number of fused-ring (bicyclic) bond motifs is 1. The second-order valence-electron chi connectivity index (χ2n) is 11.6. The smallest absolute Gasteiger partial charge is 0.320 e. The van der Waals surface area contributed by atoms with Crippen LogP contribution in [-0.2, 0) is 40.2 Å². The third-order valence-electron chi connectivity index (χ3n) is 8.84. The second-order valence-corrected chi connectivity index (χ2v) is 11.6. The van der Waals surface area contributed by atoms with Gasteiger partial charge in [0, 0.05) is 30.4 Å². The lowest BCUT2D eigenvalue weighted by atomic mass is 9.91. The van der Waals surface area contributed by atoms with Crippen molar-refractivity contribution in [2.75, 3.05) is 32.9 Å². The maximum absolute atomic E-state index is 12.0. The predicted octanol–water partition coefficient (Wildman–Crippen LogP) is 5.49. The third-order valence-corrected chi connectivity index (χ3v) is 8.84. The molecule has 0 spiro atoms. The average Bonchev–Trinajstić information content (AvgIpc) is 3.49. The van der Waals surface area contributed by atoms with Gasteiger partial charge in [0.05, 0.1) is 49.1 Å². The van der Waals surface area contributed by atoms with E-state index in [4.69, 9.17) is 19.2 Å². The lowest BCUT2D eigenvalue weighted by molar-refractivity contribution is -0.0985. The molecule has 10 heteroatoms. The van der Waals surface area contributed by atoms with Crippen LogP contribution in [0.25, 0.3) is 11.4 Å². The number of nitrogens with zero attached hydrogens (tertiary/aromatic N) is 5. The van der Waals surface area contributed by atoms with E-state index in [2.05, 4.69) is 47.2 Å². The van der Waals surface area contributed by atoms with Gasteiger partial charge in [0.15, 0.2) is 5.82 Å². The SMILES string of the molecule is CCc1c(C(=O)N=O)cnn1-c1cccc(C2=CCCC(C)=C2OCc2ccc3c(c2C)CCN(CC2COCCO2)C3)n1. The molecule has 1 unspecified atom stereocenters. The molecule has 0 N–H and O–H groups in total. The van der Waals surface area contributed by atoms with E-state index in [9.17, 15) is 9.70 Å². The summed E-state index contributed by atoms with van der Waals surface area (Å²) in [7, 11) is 0. The summed E-state index contributed by atoms with van der Waals surface area (Å²) < 4.78 is 19.7. The Morgan fingerprint density at radius 3 is 2.84 bits per heavy atom. The highest BCUT2D eigenvalue weighted by Gasteiger charge is 2.25. The Kier molecular flexibility index (Phi) is 9.11. The molecule has 0 radical (unpaired) electrons. The van der Waals surface area contributed by atoms with E-state index in [1.165, 1.54) is 34.0 Å². The lowest BCUT2D eigenvalue weighted by Gasteiger charge is -2.34. The van der Waals surface area contributed by atoms with Crippen LogP contribution in [0.5, 0.6) is 0 Å². The van der Waals surface area contributed by atoms with Crippen molar-refractivity contribution in [2.45, 2.75) is 65.7 Å². The molecule has 0 saturated carbocycles. The van der Waals surface area contributed by atoms with Gasteiger partial charge in [-0.05, 0) is 79.5 Å². The number of benzene rings is 1. The summed E-state index contributed by atoms with van der Waals surface area (Å²) in [5.74, 6) is 0.596. The molecular weight excluding hydrogens is 558 g/mol. The minimum Gasteiger partial charge on any atom is -0.488 e. The van der Waals surface area contributed by atoms with E-state index in [1.54, 1.807) is 4.68 Å². The van der Waals surface area contributed by atoms with Gasteiger partial charge < -0.3 is 14.2 Å². The summed E-state index contributed by atoms with van der Waals surface area (Å²) >= 11 is 0. The Hall–Kier alpha value is -3.99. The van der Waals surface area contributed by atoms with Crippen LogP contribution in [0.1, 0.15) is 70.7 Å². The summed E-state index contributed by atoms with van der Waals surface area (Å²) in [5.41, 5.74) is 9.01. The average molecular weight is 598 g/mol. The van der Waals surface area contributed by atoms with Crippen LogP contribution in [-0.4, -0.2) is 64.6 Å². The summed E-state index contributed by atoms with van der Waals surface area (Å²) in [6, 6.07) is 10.2.